The van der Waals surface area contributed by atoms with Crippen LogP contribution in [0.2, 0.25) is 0 Å². The van der Waals surface area contributed by atoms with Gasteiger partial charge in [-0.05, 0) is 88.4 Å². The normalized spacial score (nSPS) is 35.6. The van der Waals surface area contributed by atoms with E-state index in [-0.39, 0.29) is 24.1 Å². The number of rotatable bonds is 7. The van der Waals surface area contributed by atoms with Crippen LogP contribution < -0.4 is 0 Å². The molecule has 0 aliphatic heterocycles. The monoisotopic (exact) mass is 364 g/mol. The Kier molecular flexibility index (Phi) is 5.43. The lowest BCUT2D eigenvalue weighted by atomic mass is 9.48. The average molecular weight is 365 g/mol. The van der Waals surface area contributed by atoms with Crippen molar-refractivity contribution < 1.29 is 19.1 Å². The van der Waals surface area contributed by atoms with Crippen molar-refractivity contribution in [2.24, 2.45) is 35.0 Å². The molecule has 4 saturated carbocycles. The van der Waals surface area contributed by atoms with Gasteiger partial charge in [-0.2, -0.15) is 0 Å². The van der Waals surface area contributed by atoms with Crippen LogP contribution in [-0.4, -0.2) is 24.1 Å². The van der Waals surface area contributed by atoms with E-state index in [0.717, 1.165) is 18.3 Å². The molecule has 4 bridgehead atoms. The highest BCUT2D eigenvalue weighted by Crippen LogP contribution is 2.61. The lowest BCUT2D eigenvalue weighted by molar-refractivity contribution is -0.218. The highest BCUT2D eigenvalue weighted by molar-refractivity contribution is 5.80. The van der Waals surface area contributed by atoms with E-state index in [4.69, 9.17) is 9.47 Å². The van der Waals surface area contributed by atoms with Crippen molar-refractivity contribution >= 4 is 11.9 Å². The molecule has 0 aromatic carbocycles. The number of esters is 2. The van der Waals surface area contributed by atoms with Gasteiger partial charge in [0.25, 0.3) is 0 Å². The van der Waals surface area contributed by atoms with Gasteiger partial charge >= 0.3 is 11.9 Å². The Bertz CT molecular complexity index is 520. The molecule has 0 radical (unpaired) electrons. The van der Waals surface area contributed by atoms with Crippen molar-refractivity contribution in [3.05, 3.63) is 0 Å². The highest BCUT2D eigenvalue weighted by atomic mass is 16.6. The fraction of sp³-hybridized carbons (Fsp3) is 0.909. The summed E-state index contributed by atoms with van der Waals surface area (Å²) in [5.41, 5.74) is -0.885. The van der Waals surface area contributed by atoms with Gasteiger partial charge in [0.05, 0.1) is 5.41 Å². The second-order valence-corrected chi connectivity index (χ2v) is 10.1. The van der Waals surface area contributed by atoms with Crippen LogP contribution >= 0.6 is 0 Å². The van der Waals surface area contributed by atoms with Gasteiger partial charge < -0.3 is 9.47 Å². The van der Waals surface area contributed by atoms with Crippen LogP contribution in [0.15, 0.2) is 0 Å². The van der Waals surface area contributed by atoms with Gasteiger partial charge in [0, 0.05) is 0 Å². The molecule has 0 amide bonds. The second kappa shape index (κ2) is 7.16. The first-order valence-electron chi connectivity index (χ1n) is 10.5. The Labute approximate surface area is 158 Å². The number of carbonyl (C=O) groups is 2. The van der Waals surface area contributed by atoms with Crippen molar-refractivity contribution in [3.8, 4) is 0 Å². The van der Waals surface area contributed by atoms with Crippen molar-refractivity contribution in [2.45, 2.75) is 85.2 Å². The van der Waals surface area contributed by atoms with Gasteiger partial charge in [0.15, 0.2) is 6.61 Å². The molecule has 4 heteroatoms. The largest absolute Gasteiger partial charge is 0.456 e. The van der Waals surface area contributed by atoms with Crippen molar-refractivity contribution in [1.82, 2.24) is 0 Å². The first kappa shape index (κ1) is 19.7. The van der Waals surface area contributed by atoms with Crippen molar-refractivity contribution in [1.29, 1.82) is 0 Å². The van der Waals surface area contributed by atoms with Gasteiger partial charge in [-0.3, -0.25) is 4.79 Å². The Morgan fingerprint density at radius 1 is 1.04 bits per heavy atom. The van der Waals surface area contributed by atoms with Crippen LogP contribution in [-0.2, 0) is 19.1 Å². The van der Waals surface area contributed by atoms with E-state index in [0.29, 0.717) is 24.2 Å². The summed E-state index contributed by atoms with van der Waals surface area (Å²) < 4.78 is 11.5. The Morgan fingerprint density at radius 3 is 2.04 bits per heavy atom. The Hall–Kier alpha value is -1.06. The first-order valence-corrected chi connectivity index (χ1v) is 10.5. The SMILES string of the molecule is CCC(C)(C)C(=O)OCC(=O)OC1(CC(C)C)C2CC3CC(C2)CC1C3. The van der Waals surface area contributed by atoms with E-state index in [1.807, 2.05) is 20.8 Å². The summed E-state index contributed by atoms with van der Waals surface area (Å²) in [6.45, 7) is 9.81. The number of ether oxygens (including phenoxy) is 2. The standard InChI is InChI=1S/C22H36O4/c1-6-21(4,5)20(24)25-13-19(23)26-22(12-14(2)3)17-8-15-7-16(10-17)11-18(22)9-15/h14-18H,6-13H2,1-5H3. The topological polar surface area (TPSA) is 52.6 Å². The summed E-state index contributed by atoms with van der Waals surface area (Å²) in [7, 11) is 0. The van der Waals surface area contributed by atoms with E-state index < -0.39 is 5.41 Å². The molecular formula is C22H36O4. The maximum absolute atomic E-state index is 12.6. The molecule has 4 aliphatic rings. The summed E-state index contributed by atoms with van der Waals surface area (Å²) in [6, 6.07) is 0. The summed E-state index contributed by atoms with van der Waals surface area (Å²) in [6.07, 6.45) is 7.81. The van der Waals surface area contributed by atoms with Crippen molar-refractivity contribution in [2.75, 3.05) is 6.61 Å². The van der Waals surface area contributed by atoms with Crippen LogP contribution in [0.1, 0.15) is 79.6 Å². The third-order valence-corrected chi connectivity index (χ3v) is 7.31. The van der Waals surface area contributed by atoms with E-state index in [9.17, 15) is 9.59 Å². The minimum absolute atomic E-state index is 0.256. The number of hydrogen-bond donors (Lipinski definition) is 0. The molecule has 26 heavy (non-hydrogen) atoms. The van der Waals surface area contributed by atoms with E-state index in [1.54, 1.807) is 0 Å². The minimum Gasteiger partial charge on any atom is -0.456 e. The third-order valence-electron chi connectivity index (χ3n) is 7.31. The molecule has 0 aromatic heterocycles. The number of hydrogen-bond acceptors (Lipinski definition) is 4. The molecule has 148 valence electrons. The first-order chi connectivity index (χ1) is 12.2. The predicted molar refractivity (Wildman–Crippen MR) is 100 cm³/mol. The molecule has 0 saturated heterocycles. The zero-order valence-corrected chi connectivity index (χ0v) is 17.2. The lowest BCUT2D eigenvalue weighted by Gasteiger charge is -2.60. The summed E-state index contributed by atoms with van der Waals surface area (Å²) in [5.74, 6) is 2.46. The van der Waals surface area contributed by atoms with Crippen LogP contribution in [0.5, 0.6) is 0 Å². The van der Waals surface area contributed by atoms with Crippen molar-refractivity contribution in [3.63, 3.8) is 0 Å². The van der Waals surface area contributed by atoms with Gasteiger partial charge in [-0.1, -0.05) is 20.8 Å². The fourth-order valence-corrected chi connectivity index (χ4v) is 5.87. The smallest absolute Gasteiger partial charge is 0.344 e. The zero-order valence-electron chi connectivity index (χ0n) is 17.2. The van der Waals surface area contributed by atoms with Crippen LogP contribution in [0.4, 0.5) is 0 Å². The van der Waals surface area contributed by atoms with Gasteiger partial charge in [0.2, 0.25) is 0 Å². The van der Waals surface area contributed by atoms with Crippen LogP contribution in [0, 0.1) is 35.0 Å². The number of carbonyl (C=O) groups excluding carboxylic acids is 2. The zero-order chi connectivity index (χ0) is 19.1. The van der Waals surface area contributed by atoms with E-state index in [1.165, 1.54) is 32.1 Å². The molecule has 4 fully saturated rings. The quantitative estimate of drug-likeness (QED) is 0.612. The Balaban J connectivity index is 1.68. The van der Waals surface area contributed by atoms with E-state index in [2.05, 4.69) is 13.8 Å². The highest BCUT2D eigenvalue weighted by Gasteiger charge is 2.59. The van der Waals surface area contributed by atoms with Gasteiger partial charge in [-0.15, -0.1) is 0 Å². The maximum Gasteiger partial charge on any atom is 0.344 e. The maximum atomic E-state index is 12.6. The summed E-state index contributed by atoms with van der Waals surface area (Å²) in [5, 5.41) is 0. The Morgan fingerprint density at radius 2 is 1.58 bits per heavy atom. The molecule has 0 heterocycles. The fourth-order valence-electron chi connectivity index (χ4n) is 5.87. The predicted octanol–water partition coefficient (Wildman–Crippen LogP) is 4.75. The molecule has 0 aromatic rings. The summed E-state index contributed by atoms with van der Waals surface area (Å²) in [4.78, 5) is 24.8. The van der Waals surface area contributed by atoms with Gasteiger partial charge in [0.1, 0.15) is 5.60 Å². The second-order valence-electron chi connectivity index (χ2n) is 10.1. The molecule has 0 spiro atoms. The minimum atomic E-state index is -0.557. The molecule has 4 aliphatic carbocycles. The van der Waals surface area contributed by atoms with E-state index >= 15 is 0 Å². The van der Waals surface area contributed by atoms with Gasteiger partial charge in [-0.25, -0.2) is 4.79 Å². The third kappa shape index (κ3) is 3.66. The summed E-state index contributed by atoms with van der Waals surface area (Å²) >= 11 is 0. The molecular weight excluding hydrogens is 328 g/mol. The van der Waals surface area contributed by atoms with Crippen LogP contribution in [0.3, 0.4) is 0 Å². The average Bonchev–Trinajstić information content (AvgIpc) is 2.56. The molecule has 4 rings (SSSR count). The van der Waals surface area contributed by atoms with Crippen LogP contribution in [0.25, 0.3) is 0 Å². The lowest BCUT2D eigenvalue weighted by Crippen LogP contribution is -2.60. The molecule has 0 N–H and O–H groups in total. The molecule has 4 nitrogen and oxygen atoms in total. The molecule has 0 unspecified atom stereocenters. The molecule has 0 atom stereocenters.